The van der Waals surface area contributed by atoms with Gasteiger partial charge in [-0.2, -0.15) is 0 Å². The molecule has 8 nitrogen and oxygen atoms in total. The Morgan fingerprint density at radius 1 is 1.24 bits per heavy atom. The molecule has 0 aliphatic carbocycles. The van der Waals surface area contributed by atoms with Crippen LogP contribution in [-0.4, -0.2) is 50.5 Å². The number of cyclic esters (lactones) is 1. The van der Waals surface area contributed by atoms with E-state index in [1.807, 2.05) is 48.5 Å². The first-order chi connectivity index (χ1) is 16.4. The van der Waals surface area contributed by atoms with E-state index in [-0.39, 0.29) is 19.8 Å². The predicted octanol–water partition coefficient (Wildman–Crippen LogP) is 2.55. The van der Waals surface area contributed by atoms with E-state index in [1.165, 1.54) is 0 Å². The topological polar surface area (TPSA) is 106 Å². The van der Waals surface area contributed by atoms with E-state index in [4.69, 9.17) is 22.1 Å². The molecule has 0 unspecified atom stereocenters. The largest absolute Gasteiger partial charge is 0.739 e. The summed E-state index contributed by atoms with van der Waals surface area (Å²) in [5.41, 5.74) is 2.81. The number of hydrogen-bond donors (Lipinski definition) is 3. The number of imidazole rings is 1. The highest BCUT2D eigenvalue weighted by molar-refractivity contribution is 7.60. The van der Waals surface area contributed by atoms with Crippen LogP contribution in [0.15, 0.2) is 60.9 Å². The first-order valence-corrected chi connectivity index (χ1v) is 11.1. The van der Waals surface area contributed by atoms with Gasteiger partial charge in [0.1, 0.15) is 30.3 Å². The summed E-state index contributed by atoms with van der Waals surface area (Å²) in [6.45, 7) is 1.75. The fraction of sp³-hybridized carbons (Fsp3) is 0.280. The number of rotatable bonds is 7. The zero-order chi connectivity index (χ0) is 24.1. The number of nitrogens with zero attached hydrogens (tertiary/aromatic N) is 2. The van der Waals surface area contributed by atoms with Gasteiger partial charge in [0.25, 0.3) is 0 Å². The van der Waals surface area contributed by atoms with Crippen LogP contribution < -0.4 is 10.1 Å². The summed E-state index contributed by atoms with van der Waals surface area (Å²) >= 11 is 5.27. The zero-order valence-corrected chi connectivity index (χ0v) is 19.3. The Hall–Kier alpha value is -3.45. The number of aromatic nitrogens is 2. The van der Waals surface area contributed by atoms with Crippen molar-refractivity contribution < 1.29 is 24.5 Å². The van der Waals surface area contributed by atoms with Gasteiger partial charge in [-0.25, -0.2) is 9.78 Å². The van der Waals surface area contributed by atoms with E-state index in [0.717, 1.165) is 16.7 Å². The third-order valence-corrected chi connectivity index (χ3v) is 5.62. The lowest BCUT2D eigenvalue weighted by molar-refractivity contribution is 0.0832. The van der Waals surface area contributed by atoms with Crippen molar-refractivity contribution in [1.29, 1.82) is 0 Å². The summed E-state index contributed by atoms with van der Waals surface area (Å²) in [4.78, 5) is 14.2. The summed E-state index contributed by atoms with van der Waals surface area (Å²) in [6, 6.07) is 14.8. The van der Waals surface area contributed by atoms with Gasteiger partial charge in [0.05, 0.1) is 11.5 Å². The highest BCUT2D eigenvalue weighted by Gasteiger charge is 2.28. The molecular weight excluding hydrogens is 454 g/mol. The Morgan fingerprint density at radius 2 is 1.91 bits per heavy atom. The molecule has 3 aromatic rings. The number of benzene rings is 2. The maximum absolute atomic E-state index is 11.2. The van der Waals surface area contributed by atoms with Gasteiger partial charge < -0.3 is 42.2 Å². The van der Waals surface area contributed by atoms with E-state index in [9.17, 15) is 15.0 Å². The summed E-state index contributed by atoms with van der Waals surface area (Å²) in [5, 5.41) is 22.1. The molecule has 1 fully saturated rings. The third-order valence-electron chi connectivity index (χ3n) is 5.28. The maximum Gasteiger partial charge on any atom is 0.405 e. The summed E-state index contributed by atoms with van der Waals surface area (Å²) in [6.07, 6.45) is 1.99. The second kappa shape index (κ2) is 10.2. The van der Waals surface area contributed by atoms with Crippen molar-refractivity contribution in [2.45, 2.75) is 24.0 Å². The number of alkyl carbamates (subject to hydrolysis) is 1. The molecule has 3 atom stereocenters. The molecule has 2 heterocycles. The first kappa shape index (κ1) is 23.7. The van der Waals surface area contributed by atoms with Crippen molar-refractivity contribution in [3.05, 3.63) is 72.3 Å². The minimum Gasteiger partial charge on any atom is -0.739 e. The molecule has 0 saturated carbocycles. The maximum atomic E-state index is 11.2. The Balaban J connectivity index is 1.40. The second-order valence-corrected chi connectivity index (χ2v) is 8.62. The Bertz CT molecular complexity index is 1200. The lowest BCUT2D eigenvalue weighted by Gasteiger charge is -2.32. The van der Waals surface area contributed by atoms with Gasteiger partial charge >= 0.3 is 6.09 Å². The van der Waals surface area contributed by atoms with Crippen molar-refractivity contribution in [1.82, 2.24) is 14.9 Å². The zero-order valence-electron chi connectivity index (χ0n) is 18.5. The summed E-state index contributed by atoms with van der Waals surface area (Å²) in [5.74, 6) is 7.21. The van der Waals surface area contributed by atoms with Crippen LogP contribution >= 0.6 is 0 Å². The molecule has 1 saturated heterocycles. The van der Waals surface area contributed by atoms with Crippen molar-refractivity contribution in [3.8, 4) is 28.7 Å². The minimum absolute atomic E-state index is 0.0837. The van der Waals surface area contributed by atoms with E-state index >= 15 is 0 Å². The van der Waals surface area contributed by atoms with Crippen molar-refractivity contribution in [2.24, 2.45) is 0 Å². The van der Waals surface area contributed by atoms with Gasteiger partial charge in [-0.05, 0) is 42.3 Å². The van der Waals surface area contributed by atoms with E-state index in [2.05, 4.69) is 22.1 Å². The van der Waals surface area contributed by atoms with Gasteiger partial charge in [0.2, 0.25) is 0 Å². The molecule has 1 aliphatic heterocycles. The van der Waals surface area contributed by atoms with Crippen molar-refractivity contribution in [2.75, 3.05) is 19.8 Å². The van der Waals surface area contributed by atoms with Gasteiger partial charge in [-0.3, -0.25) is 0 Å². The molecule has 4 rings (SSSR count). The average molecular weight is 479 g/mol. The quantitative estimate of drug-likeness (QED) is 0.354. The van der Waals surface area contributed by atoms with Gasteiger partial charge in [0.15, 0.2) is 0 Å². The number of nitrogens with one attached hydrogen (secondary N) is 1. The van der Waals surface area contributed by atoms with Crippen LogP contribution in [-0.2, 0) is 17.4 Å². The molecule has 3 N–H and O–H groups in total. The summed E-state index contributed by atoms with van der Waals surface area (Å²) < 4.78 is 12.4. The van der Waals surface area contributed by atoms with Crippen LogP contribution in [0.2, 0.25) is 0 Å². The number of aliphatic hydroxyl groups is 2. The number of amides is 1. The van der Waals surface area contributed by atoms with Crippen LogP contribution in [0.5, 0.6) is 5.75 Å². The summed E-state index contributed by atoms with van der Waals surface area (Å²) in [7, 11) is 0. The van der Waals surface area contributed by atoms with Gasteiger partial charge in [-0.1, -0.05) is 36.1 Å². The molecule has 34 heavy (non-hydrogen) atoms. The van der Waals surface area contributed by atoms with Crippen LogP contribution in [0.3, 0.4) is 0 Å². The Kier molecular flexibility index (Phi) is 7.12. The number of ether oxygens (including phenoxy) is 2. The number of hydrogen-bond acceptors (Lipinski definition) is 7. The molecule has 1 aliphatic rings. The predicted molar refractivity (Wildman–Crippen MR) is 128 cm³/mol. The van der Waals surface area contributed by atoms with Crippen LogP contribution in [0, 0.1) is 11.8 Å². The number of carbonyl (C=O) groups excluding carboxylic acids is 1. The monoisotopic (exact) mass is 478 g/mol. The first-order valence-electron chi connectivity index (χ1n) is 10.7. The molecule has 176 valence electrons. The number of aliphatic hydroxyl groups excluding tert-OH is 2. The second-order valence-electron chi connectivity index (χ2n) is 7.88. The Labute approximate surface area is 203 Å². The lowest BCUT2D eigenvalue weighted by atomic mass is 10.0. The Morgan fingerprint density at radius 3 is 2.50 bits per heavy atom. The van der Waals surface area contributed by atoms with Gasteiger partial charge in [0, 0.05) is 24.5 Å². The van der Waals surface area contributed by atoms with E-state index < -0.39 is 23.2 Å². The third kappa shape index (κ3) is 5.54. The normalized spacial score (nSPS) is 18.9. The average Bonchev–Trinajstić information content (AvgIpc) is 3.46. The van der Waals surface area contributed by atoms with Crippen LogP contribution in [0.1, 0.15) is 30.5 Å². The smallest absolute Gasteiger partial charge is 0.405 e. The molecule has 9 heteroatoms. The molecule has 1 aromatic heterocycles. The molecule has 0 spiro atoms. The molecule has 0 radical (unpaired) electrons. The molecule has 2 aromatic carbocycles. The SMILES string of the molecule is C[C@H](O)c1nccn1[C@@H](C#Cc1ccc(-c2ccc(OC[C@]3([S-])CNC(=O)O3)cc2)cc1)CO. The van der Waals surface area contributed by atoms with Crippen LogP contribution in [0.4, 0.5) is 4.79 Å². The molecule has 0 bridgehead atoms. The number of carbonyl (C=O) groups is 1. The van der Waals surface area contributed by atoms with Crippen molar-refractivity contribution in [3.63, 3.8) is 0 Å². The standard InChI is InChI=1S/C25H25N3O5S/c1-17(30)23-26-12-13-28(23)21(14-29)9-4-18-2-5-19(6-3-18)20-7-10-22(11-8-20)32-16-25(34)15-27-24(31)33-25/h2-3,5-8,10-13,17,21,29-30,34H,14-16H2,1H3,(H,27,31)/p-1/t17-,21-,25+/m0/s1. The molecule has 1 amide bonds. The van der Waals surface area contributed by atoms with Crippen molar-refractivity contribution >= 4 is 18.7 Å². The van der Waals surface area contributed by atoms with Gasteiger partial charge in [-0.15, -0.1) is 0 Å². The highest BCUT2D eigenvalue weighted by atomic mass is 32.1. The van der Waals surface area contributed by atoms with E-state index in [0.29, 0.717) is 11.6 Å². The highest BCUT2D eigenvalue weighted by Crippen LogP contribution is 2.24. The lowest BCUT2D eigenvalue weighted by Crippen LogP contribution is -2.37. The minimum atomic E-state index is -1.09. The fourth-order valence-corrected chi connectivity index (χ4v) is 3.70. The fourth-order valence-electron chi connectivity index (χ4n) is 3.49. The van der Waals surface area contributed by atoms with E-state index in [1.54, 1.807) is 23.9 Å². The molecular formula is C25H24N3O5S-. The van der Waals surface area contributed by atoms with Crippen LogP contribution in [0.25, 0.3) is 11.1 Å².